The molecule has 2 aromatic carbocycles. The van der Waals surface area contributed by atoms with E-state index in [2.05, 4.69) is 5.32 Å². The minimum absolute atomic E-state index is 0.0579. The third kappa shape index (κ3) is 4.79. The Morgan fingerprint density at radius 3 is 2.60 bits per heavy atom. The fraction of sp³-hybridized carbons (Fsp3) is 0.263. The predicted octanol–water partition coefficient (Wildman–Crippen LogP) is 2.60. The second-order valence-corrected chi connectivity index (χ2v) is 5.73. The fourth-order valence-electron chi connectivity index (χ4n) is 2.51. The van der Waals surface area contributed by atoms with Gasteiger partial charge in [0.1, 0.15) is 0 Å². The van der Waals surface area contributed by atoms with Crippen LogP contribution in [0.2, 0.25) is 0 Å². The van der Waals surface area contributed by atoms with Crippen LogP contribution in [0.15, 0.2) is 42.5 Å². The van der Waals surface area contributed by atoms with Crippen LogP contribution in [0.4, 0.5) is 4.39 Å². The van der Waals surface area contributed by atoms with Crippen LogP contribution in [0, 0.1) is 18.7 Å². The van der Waals surface area contributed by atoms with Crippen LogP contribution in [0.1, 0.15) is 21.5 Å². The van der Waals surface area contributed by atoms with Crippen molar-refractivity contribution in [2.75, 3.05) is 13.7 Å². The van der Waals surface area contributed by atoms with Crippen LogP contribution < -0.4 is 5.32 Å². The number of hydrogen-bond acceptors (Lipinski definition) is 4. The Bertz CT molecular complexity index is 776. The lowest BCUT2D eigenvalue weighted by Gasteiger charge is -2.16. The molecule has 0 unspecified atom stereocenters. The van der Waals surface area contributed by atoms with Crippen molar-refractivity contribution in [2.45, 2.75) is 13.3 Å². The Hall–Kier alpha value is -2.89. The molecule has 0 saturated carbocycles. The summed E-state index contributed by atoms with van der Waals surface area (Å²) in [5.41, 5.74) is 1.88. The highest BCUT2D eigenvalue weighted by Crippen LogP contribution is 2.19. The summed E-state index contributed by atoms with van der Waals surface area (Å²) in [6.07, 6.45) is 0.178. The number of carbonyl (C=O) groups excluding carboxylic acids is 2. The fourth-order valence-corrected chi connectivity index (χ4v) is 2.51. The lowest BCUT2D eigenvalue weighted by atomic mass is 9.98. The molecule has 1 amide bonds. The lowest BCUT2D eigenvalue weighted by Crippen LogP contribution is -2.35. The van der Waals surface area contributed by atoms with Gasteiger partial charge in [-0.25, -0.2) is 4.39 Å². The van der Waals surface area contributed by atoms with E-state index in [4.69, 9.17) is 4.74 Å². The number of phenolic OH excluding ortho intramolecular Hbond substituents is 1. The van der Waals surface area contributed by atoms with Crippen molar-refractivity contribution < 1.29 is 23.8 Å². The molecule has 0 aliphatic heterocycles. The van der Waals surface area contributed by atoms with E-state index in [1.807, 2.05) is 19.1 Å². The number of ether oxygens (including phenoxy) is 1. The molecule has 2 aromatic rings. The number of phenols is 1. The number of carbonyl (C=O) groups is 2. The Morgan fingerprint density at radius 1 is 1.24 bits per heavy atom. The second-order valence-electron chi connectivity index (χ2n) is 5.73. The summed E-state index contributed by atoms with van der Waals surface area (Å²) in [4.78, 5) is 24.2. The molecule has 0 heterocycles. The highest BCUT2D eigenvalue weighted by molar-refractivity contribution is 5.95. The number of aromatic hydroxyl groups is 1. The van der Waals surface area contributed by atoms with E-state index in [-0.39, 0.29) is 18.9 Å². The van der Waals surface area contributed by atoms with E-state index in [0.717, 1.165) is 11.6 Å². The number of amides is 1. The van der Waals surface area contributed by atoms with Crippen LogP contribution >= 0.6 is 0 Å². The number of aryl methyl sites for hydroxylation is 1. The van der Waals surface area contributed by atoms with Crippen LogP contribution in [0.5, 0.6) is 5.75 Å². The SMILES string of the molecule is COC(=O)[C@H](CNC(=O)c1ccccc1C)Cc1ccc(O)c(F)c1. The van der Waals surface area contributed by atoms with Crippen molar-refractivity contribution in [3.63, 3.8) is 0 Å². The Labute approximate surface area is 145 Å². The van der Waals surface area contributed by atoms with Gasteiger partial charge in [-0.1, -0.05) is 24.3 Å². The number of benzene rings is 2. The van der Waals surface area contributed by atoms with Crippen molar-refractivity contribution in [1.82, 2.24) is 5.32 Å². The average Bonchev–Trinajstić information content (AvgIpc) is 2.61. The largest absolute Gasteiger partial charge is 0.505 e. The molecule has 1 atom stereocenters. The summed E-state index contributed by atoms with van der Waals surface area (Å²) >= 11 is 0. The molecule has 25 heavy (non-hydrogen) atoms. The molecule has 2 rings (SSSR count). The average molecular weight is 345 g/mol. The third-order valence-corrected chi connectivity index (χ3v) is 3.93. The molecule has 0 aromatic heterocycles. The molecular formula is C19H20FNO4. The minimum Gasteiger partial charge on any atom is -0.505 e. The molecule has 5 nitrogen and oxygen atoms in total. The summed E-state index contributed by atoms with van der Waals surface area (Å²) < 4.78 is 18.2. The zero-order chi connectivity index (χ0) is 18.4. The minimum atomic E-state index is -0.759. The lowest BCUT2D eigenvalue weighted by molar-refractivity contribution is -0.145. The van der Waals surface area contributed by atoms with E-state index in [9.17, 15) is 19.1 Å². The van der Waals surface area contributed by atoms with Gasteiger partial charge in [0.2, 0.25) is 0 Å². The normalized spacial score (nSPS) is 11.6. The number of methoxy groups -OCH3 is 1. The van der Waals surface area contributed by atoms with Crippen molar-refractivity contribution in [3.05, 3.63) is 65.0 Å². The van der Waals surface area contributed by atoms with Crippen molar-refractivity contribution >= 4 is 11.9 Å². The van der Waals surface area contributed by atoms with E-state index in [1.165, 1.54) is 19.2 Å². The van der Waals surface area contributed by atoms with Crippen molar-refractivity contribution in [2.24, 2.45) is 5.92 Å². The molecule has 0 bridgehead atoms. The van der Waals surface area contributed by atoms with Gasteiger partial charge in [0.15, 0.2) is 11.6 Å². The number of esters is 1. The molecule has 0 aliphatic carbocycles. The predicted molar refractivity (Wildman–Crippen MR) is 90.8 cm³/mol. The van der Waals surface area contributed by atoms with Crippen LogP contribution in [0.25, 0.3) is 0 Å². The molecule has 0 spiro atoms. The van der Waals surface area contributed by atoms with Gasteiger partial charge in [-0.3, -0.25) is 9.59 Å². The molecule has 132 valence electrons. The quantitative estimate of drug-likeness (QED) is 0.789. The van der Waals surface area contributed by atoms with Crippen LogP contribution in [-0.2, 0) is 16.0 Å². The molecule has 0 aliphatic rings. The van der Waals surface area contributed by atoms with Gasteiger partial charge < -0.3 is 15.2 Å². The molecule has 0 saturated heterocycles. The van der Waals surface area contributed by atoms with Crippen molar-refractivity contribution in [3.8, 4) is 5.75 Å². The zero-order valence-electron chi connectivity index (χ0n) is 14.1. The highest BCUT2D eigenvalue weighted by atomic mass is 19.1. The monoisotopic (exact) mass is 345 g/mol. The number of halogens is 1. The highest BCUT2D eigenvalue weighted by Gasteiger charge is 2.22. The summed E-state index contributed by atoms with van der Waals surface area (Å²) in [7, 11) is 1.26. The molecular weight excluding hydrogens is 325 g/mol. The van der Waals surface area contributed by atoms with E-state index >= 15 is 0 Å². The van der Waals surface area contributed by atoms with E-state index < -0.39 is 23.5 Å². The maximum atomic E-state index is 13.5. The first-order chi connectivity index (χ1) is 11.9. The Kier molecular flexibility index (Phi) is 6.11. The first-order valence-electron chi connectivity index (χ1n) is 7.81. The topological polar surface area (TPSA) is 75.6 Å². The van der Waals surface area contributed by atoms with Gasteiger partial charge >= 0.3 is 5.97 Å². The first-order valence-corrected chi connectivity index (χ1v) is 7.81. The summed E-state index contributed by atoms with van der Waals surface area (Å²) in [5, 5.41) is 12.0. The zero-order valence-corrected chi connectivity index (χ0v) is 14.1. The second kappa shape index (κ2) is 8.28. The number of hydrogen-bond donors (Lipinski definition) is 2. The van der Waals surface area contributed by atoms with Crippen LogP contribution in [-0.4, -0.2) is 30.6 Å². The van der Waals surface area contributed by atoms with Gasteiger partial charge in [0.05, 0.1) is 13.0 Å². The smallest absolute Gasteiger partial charge is 0.310 e. The van der Waals surface area contributed by atoms with Gasteiger partial charge in [-0.15, -0.1) is 0 Å². The molecule has 2 N–H and O–H groups in total. The summed E-state index contributed by atoms with van der Waals surface area (Å²) in [5.74, 6) is -2.67. The summed E-state index contributed by atoms with van der Waals surface area (Å²) in [6.45, 7) is 1.88. The van der Waals surface area contributed by atoms with Gasteiger partial charge in [-0.05, 0) is 42.7 Å². The first kappa shape index (κ1) is 18.4. The van der Waals surface area contributed by atoms with Gasteiger partial charge in [0, 0.05) is 12.1 Å². The molecule has 6 heteroatoms. The van der Waals surface area contributed by atoms with Gasteiger partial charge in [0.25, 0.3) is 5.91 Å². The standard InChI is InChI=1S/C19H20FNO4/c1-12-5-3-4-6-15(12)18(23)21-11-14(19(24)25-2)9-13-7-8-17(22)16(20)10-13/h3-8,10,14,22H,9,11H2,1-2H3,(H,21,23)/t14-/m0/s1. The third-order valence-electron chi connectivity index (χ3n) is 3.93. The van der Waals surface area contributed by atoms with Gasteiger partial charge in [-0.2, -0.15) is 0 Å². The summed E-state index contributed by atoms with van der Waals surface area (Å²) in [6, 6.07) is 11.0. The Balaban J connectivity index is 2.07. The molecule has 0 radical (unpaired) electrons. The maximum absolute atomic E-state index is 13.5. The number of rotatable bonds is 6. The van der Waals surface area contributed by atoms with Crippen molar-refractivity contribution in [1.29, 1.82) is 0 Å². The van der Waals surface area contributed by atoms with Crippen LogP contribution in [0.3, 0.4) is 0 Å². The maximum Gasteiger partial charge on any atom is 0.310 e. The Morgan fingerprint density at radius 2 is 1.96 bits per heavy atom. The number of nitrogens with one attached hydrogen (secondary N) is 1. The van der Waals surface area contributed by atoms with E-state index in [1.54, 1.807) is 12.1 Å². The van der Waals surface area contributed by atoms with E-state index in [0.29, 0.717) is 11.1 Å². The molecule has 0 fully saturated rings.